The largest absolute Gasteiger partial charge is 0.497 e. The quantitative estimate of drug-likeness (QED) is 0.486. The van der Waals surface area contributed by atoms with Crippen LogP contribution in [-0.2, 0) is 6.54 Å². The molecule has 170 valence electrons. The number of hydrogen-bond acceptors (Lipinski definition) is 6. The zero-order valence-corrected chi connectivity index (χ0v) is 18.8. The van der Waals surface area contributed by atoms with E-state index in [1.165, 1.54) is 12.1 Å². The highest BCUT2D eigenvalue weighted by Gasteiger charge is 2.23. The van der Waals surface area contributed by atoms with Crippen molar-refractivity contribution in [2.45, 2.75) is 26.3 Å². The van der Waals surface area contributed by atoms with Gasteiger partial charge in [0.1, 0.15) is 28.8 Å². The van der Waals surface area contributed by atoms with Crippen molar-refractivity contribution in [3.05, 3.63) is 59.7 Å². The molecule has 1 aliphatic rings. The molecule has 2 aromatic carbocycles. The van der Waals surface area contributed by atoms with Crippen LogP contribution in [0.1, 0.15) is 24.3 Å². The predicted octanol–water partition coefficient (Wildman–Crippen LogP) is 5.10. The monoisotopic (exact) mass is 440 g/mol. The third-order valence-electron chi connectivity index (χ3n) is 5.79. The Bertz CT molecular complexity index is 1050. The number of likely N-dealkylation sites (tertiary alicyclic amines) is 1. The minimum absolute atomic E-state index is 0.280. The minimum Gasteiger partial charge on any atom is -0.497 e. The fourth-order valence-electron chi connectivity index (χ4n) is 4.08. The highest BCUT2D eigenvalue weighted by atomic mass is 19.1. The van der Waals surface area contributed by atoms with Gasteiger partial charge >= 0.3 is 0 Å². The molecule has 0 spiro atoms. The SMILES string of the molecule is COc1ccc(OC)c(-c2nc(CN3CCC[C@H](COc4cccc(F)c4)C3)c(C)o2)c1. The van der Waals surface area contributed by atoms with Gasteiger partial charge in [0.15, 0.2) is 0 Å². The normalized spacial score (nSPS) is 16.7. The van der Waals surface area contributed by atoms with Crippen molar-refractivity contribution < 1.29 is 23.0 Å². The van der Waals surface area contributed by atoms with E-state index in [1.54, 1.807) is 26.4 Å². The molecule has 1 aliphatic heterocycles. The highest BCUT2D eigenvalue weighted by molar-refractivity contribution is 5.65. The number of piperidine rings is 1. The van der Waals surface area contributed by atoms with Crippen LogP contribution < -0.4 is 14.2 Å². The zero-order valence-electron chi connectivity index (χ0n) is 18.8. The first-order chi connectivity index (χ1) is 15.6. The standard InChI is InChI=1S/C25H29FN2O4/c1-17-23(27-25(32-17)22-13-20(29-2)9-10-24(22)30-3)15-28-11-5-6-18(14-28)16-31-21-8-4-7-19(26)12-21/h4,7-10,12-13,18H,5-6,11,14-16H2,1-3H3/t18-/m0/s1. The Morgan fingerprint density at radius 1 is 1.12 bits per heavy atom. The average molecular weight is 441 g/mol. The van der Waals surface area contributed by atoms with E-state index in [4.69, 9.17) is 23.6 Å². The highest BCUT2D eigenvalue weighted by Crippen LogP contribution is 2.34. The summed E-state index contributed by atoms with van der Waals surface area (Å²) in [4.78, 5) is 7.15. The van der Waals surface area contributed by atoms with Gasteiger partial charge in [0, 0.05) is 25.1 Å². The number of aryl methyl sites for hydroxylation is 1. The lowest BCUT2D eigenvalue weighted by Gasteiger charge is -2.32. The molecule has 0 unspecified atom stereocenters. The molecule has 4 rings (SSSR count). The van der Waals surface area contributed by atoms with E-state index in [9.17, 15) is 4.39 Å². The minimum atomic E-state index is -0.280. The number of aromatic nitrogens is 1. The van der Waals surface area contributed by atoms with Crippen LogP contribution in [0.2, 0.25) is 0 Å². The molecular weight excluding hydrogens is 411 g/mol. The molecule has 3 aromatic rings. The molecule has 1 fully saturated rings. The molecule has 1 saturated heterocycles. The first kappa shape index (κ1) is 22.1. The zero-order chi connectivity index (χ0) is 22.5. The summed E-state index contributed by atoms with van der Waals surface area (Å²) in [5, 5.41) is 0. The molecule has 2 heterocycles. The van der Waals surface area contributed by atoms with Gasteiger partial charge in [-0.1, -0.05) is 6.07 Å². The second-order valence-corrected chi connectivity index (χ2v) is 8.10. The van der Waals surface area contributed by atoms with Crippen molar-refractivity contribution in [1.82, 2.24) is 9.88 Å². The summed E-state index contributed by atoms with van der Waals surface area (Å²) >= 11 is 0. The molecular formula is C25H29FN2O4. The van der Waals surface area contributed by atoms with Gasteiger partial charge in [-0.2, -0.15) is 0 Å². The number of ether oxygens (including phenoxy) is 3. The molecule has 0 bridgehead atoms. The average Bonchev–Trinajstić information content (AvgIpc) is 3.17. The summed E-state index contributed by atoms with van der Waals surface area (Å²) < 4.78 is 36.0. The van der Waals surface area contributed by atoms with Crippen LogP contribution in [0, 0.1) is 18.7 Å². The van der Waals surface area contributed by atoms with Crippen molar-refractivity contribution in [3.63, 3.8) is 0 Å². The summed E-state index contributed by atoms with van der Waals surface area (Å²) in [5.41, 5.74) is 1.68. The smallest absolute Gasteiger partial charge is 0.230 e. The Kier molecular flexibility index (Phi) is 6.95. The Balaban J connectivity index is 1.41. The predicted molar refractivity (Wildman–Crippen MR) is 120 cm³/mol. The molecule has 0 aliphatic carbocycles. The van der Waals surface area contributed by atoms with Crippen LogP contribution in [0.3, 0.4) is 0 Å². The molecule has 0 amide bonds. The van der Waals surface area contributed by atoms with E-state index < -0.39 is 0 Å². The first-order valence-corrected chi connectivity index (χ1v) is 10.8. The van der Waals surface area contributed by atoms with Gasteiger partial charge < -0.3 is 18.6 Å². The summed E-state index contributed by atoms with van der Waals surface area (Å²) in [6.07, 6.45) is 2.18. The maximum atomic E-state index is 13.4. The molecule has 7 heteroatoms. The lowest BCUT2D eigenvalue weighted by Crippen LogP contribution is -2.37. The van der Waals surface area contributed by atoms with Crippen molar-refractivity contribution in [2.24, 2.45) is 5.92 Å². The molecule has 6 nitrogen and oxygen atoms in total. The van der Waals surface area contributed by atoms with Crippen LogP contribution in [0.5, 0.6) is 17.2 Å². The summed E-state index contributed by atoms with van der Waals surface area (Å²) in [6, 6.07) is 11.9. The molecule has 1 aromatic heterocycles. The topological polar surface area (TPSA) is 57.0 Å². The van der Waals surface area contributed by atoms with Crippen molar-refractivity contribution in [1.29, 1.82) is 0 Å². The van der Waals surface area contributed by atoms with Crippen molar-refractivity contribution in [3.8, 4) is 28.7 Å². The number of nitrogens with zero attached hydrogens (tertiary/aromatic N) is 2. The van der Waals surface area contributed by atoms with E-state index in [-0.39, 0.29) is 5.82 Å². The third kappa shape index (κ3) is 5.22. The van der Waals surface area contributed by atoms with Gasteiger partial charge in [-0.3, -0.25) is 4.90 Å². The molecule has 0 N–H and O–H groups in total. The van der Waals surface area contributed by atoms with E-state index in [0.717, 1.165) is 48.7 Å². The molecule has 32 heavy (non-hydrogen) atoms. The number of hydrogen-bond donors (Lipinski definition) is 0. The van der Waals surface area contributed by atoms with E-state index in [2.05, 4.69) is 4.90 Å². The first-order valence-electron chi connectivity index (χ1n) is 10.8. The van der Waals surface area contributed by atoms with Gasteiger partial charge in [-0.05, 0) is 56.6 Å². The van der Waals surface area contributed by atoms with Crippen LogP contribution in [0.4, 0.5) is 4.39 Å². The molecule has 1 atom stereocenters. The van der Waals surface area contributed by atoms with E-state index in [1.807, 2.05) is 25.1 Å². The van der Waals surface area contributed by atoms with Gasteiger partial charge in [0.25, 0.3) is 0 Å². The summed E-state index contributed by atoms with van der Waals surface area (Å²) in [6.45, 7) is 5.12. The van der Waals surface area contributed by atoms with Crippen LogP contribution in [-0.4, -0.2) is 43.8 Å². The van der Waals surface area contributed by atoms with Gasteiger partial charge in [-0.25, -0.2) is 9.37 Å². The van der Waals surface area contributed by atoms with Crippen molar-refractivity contribution >= 4 is 0 Å². The second-order valence-electron chi connectivity index (χ2n) is 8.10. The lowest BCUT2D eigenvalue weighted by molar-refractivity contribution is 0.123. The summed E-state index contributed by atoms with van der Waals surface area (Å²) in [7, 11) is 3.25. The van der Waals surface area contributed by atoms with E-state index in [0.29, 0.717) is 36.5 Å². The Morgan fingerprint density at radius 2 is 2.00 bits per heavy atom. The lowest BCUT2D eigenvalue weighted by atomic mass is 9.99. The van der Waals surface area contributed by atoms with E-state index >= 15 is 0 Å². The Morgan fingerprint density at radius 3 is 2.78 bits per heavy atom. The fraction of sp³-hybridized carbons (Fsp3) is 0.400. The van der Waals surface area contributed by atoms with Crippen LogP contribution in [0.15, 0.2) is 46.9 Å². The summed E-state index contributed by atoms with van der Waals surface area (Å²) in [5.74, 6) is 3.40. The maximum absolute atomic E-state index is 13.4. The number of rotatable bonds is 8. The van der Waals surface area contributed by atoms with Crippen LogP contribution in [0.25, 0.3) is 11.5 Å². The number of halogens is 1. The van der Waals surface area contributed by atoms with Gasteiger partial charge in [0.05, 0.1) is 32.1 Å². The Labute approximate surface area is 187 Å². The number of methoxy groups -OCH3 is 2. The molecule has 0 saturated carbocycles. The third-order valence-corrected chi connectivity index (χ3v) is 5.79. The fourth-order valence-corrected chi connectivity index (χ4v) is 4.08. The van der Waals surface area contributed by atoms with Gasteiger partial charge in [0.2, 0.25) is 5.89 Å². The molecule has 0 radical (unpaired) electrons. The number of benzene rings is 2. The van der Waals surface area contributed by atoms with Gasteiger partial charge in [-0.15, -0.1) is 0 Å². The Hall–Kier alpha value is -3.06. The second kappa shape index (κ2) is 10.0. The van der Waals surface area contributed by atoms with Crippen LogP contribution >= 0.6 is 0 Å². The number of oxazole rings is 1. The van der Waals surface area contributed by atoms with Crippen molar-refractivity contribution in [2.75, 3.05) is 33.9 Å². The maximum Gasteiger partial charge on any atom is 0.230 e.